The number of nitro benzene ring substituents is 1. The van der Waals surface area contributed by atoms with Crippen molar-refractivity contribution in [1.82, 2.24) is 0 Å². The van der Waals surface area contributed by atoms with Gasteiger partial charge in [0.15, 0.2) is 0 Å². The van der Waals surface area contributed by atoms with Crippen LogP contribution < -0.4 is 5.32 Å². The highest BCUT2D eigenvalue weighted by Gasteiger charge is 2.22. The zero-order valence-electron chi connectivity index (χ0n) is 11.5. The van der Waals surface area contributed by atoms with Crippen molar-refractivity contribution in [2.75, 3.05) is 16.8 Å². The number of carboxylic acids is 1. The van der Waals surface area contributed by atoms with E-state index in [1.54, 1.807) is 11.8 Å². The molecule has 1 aromatic carbocycles. The van der Waals surface area contributed by atoms with Crippen molar-refractivity contribution in [2.24, 2.45) is 0 Å². The Morgan fingerprint density at radius 3 is 2.80 bits per heavy atom. The van der Waals surface area contributed by atoms with Crippen molar-refractivity contribution in [1.29, 1.82) is 0 Å². The number of para-hydroxylation sites is 1. The standard InChI is InChI=1S/C13H18N2O4S/c1-3-20-8-7-9(2)14-12-10(13(16)17)5-4-6-11(12)15(18)19/h4-6,9,14H,3,7-8H2,1-2H3,(H,16,17). The van der Waals surface area contributed by atoms with Crippen LogP contribution in [0.5, 0.6) is 0 Å². The number of thioether (sulfide) groups is 1. The number of hydrogen-bond donors (Lipinski definition) is 2. The molecule has 0 radical (unpaired) electrons. The van der Waals surface area contributed by atoms with Gasteiger partial charge in [0.1, 0.15) is 5.69 Å². The van der Waals surface area contributed by atoms with E-state index in [1.165, 1.54) is 18.2 Å². The fourth-order valence-corrected chi connectivity index (χ4v) is 2.55. The summed E-state index contributed by atoms with van der Waals surface area (Å²) in [5, 5.41) is 23.1. The van der Waals surface area contributed by atoms with Crippen molar-refractivity contribution in [3.63, 3.8) is 0 Å². The Morgan fingerprint density at radius 1 is 1.55 bits per heavy atom. The molecule has 0 aromatic heterocycles. The Morgan fingerprint density at radius 2 is 2.25 bits per heavy atom. The number of rotatable bonds is 8. The fraction of sp³-hybridized carbons (Fsp3) is 0.462. The molecule has 1 aromatic rings. The molecule has 0 heterocycles. The third kappa shape index (κ3) is 4.41. The van der Waals surface area contributed by atoms with E-state index in [0.29, 0.717) is 0 Å². The summed E-state index contributed by atoms with van der Waals surface area (Å²) in [6, 6.07) is 4.02. The maximum Gasteiger partial charge on any atom is 0.338 e. The lowest BCUT2D eigenvalue weighted by molar-refractivity contribution is -0.384. The average molecular weight is 298 g/mol. The van der Waals surface area contributed by atoms with E-state index in [1.807, 2.05) is 6.92 Å². The highest BCUT2D eigenvalue weighted by atomic mass is 32.2. The average Bonchev–Trinajstić information content (AvgIpc) is 2.38. The van der Waals surface area contributed by atoms with Gasteiger partial charge in [-0.25, -0.2) is 4.79 Å². The maximum absolute atomic E-state index is 11.2. The predicted molar refractivity (Wildman–Crippen MR) is 80.8 cm³/mol. The topological polar surface area (TPSA) is 92.5 Å². The Hall–Kier alpha value is -1.76. The number of aromatic carboxylic acids is 1. The van der Waals surface area contributed by atoms with Gasteiger partial charge < -0.3 is 10.4 Å². The number of nitrogens with one attached hydrogen (secondary N) is 1. The molecule has 1 unspecified atom stereocenters. The monoisotopic (exact) mass is 298 g/mol. The summed E-state index contributed by atoms with van der Waals surface area (Å²) in [6.45, 7) is 3.95. The maximum atomic E-state index is 11.2. The first-order valence-electron chi connectivity index (χ1n) is 6.32. The van der Waals surface area contributed by atoms with E-state index in [-0.39, 0.29) is 23.0 Å². The normalized spacial score (nSPS) is 11.9. The Balaban J connectivity index is 2.96. The van der Waals surface area contributed by atoms with Crippen LogP contribution in [-0.2, 0) is 0 Å². The van der Waals surface area contributed by atoms with Crippen LogP contribution in [0.1, 0.15) is 30.6 Å². The fourth-order valence-electron chi connectivity index (χ4n) is 1.75. The van der Waals surface area contributed by atoms with Crippen LogP contribution in [0.15, 0.2) is 18.2 Å². The number of carbonyl (C=O) groups is 1. The zero-order valence-corrected chi connectivity index (χ0v) is 12.3. The molecule has 2 N–H and O–H groups in total. The SMILES string of the molecule is CCSCCC(C)Nc1c(C(=O)O)cccc1[N+](=O)[O-]. The minimum atomic E-state index is -1.17. The lowest BCUT2D eigenvalue weighted by Crippen LogP contribution is -2.19. The predicted octanol–water partition coefficient (Wildman–Crippen LogP) is 3.24. The largest absolute Gasteiger partial charge is 0.478 e. The van der Waals surface area contributed by atoms with Gasteiger partial charge in [-0.15, -0.1) is 0 Å². The van der Waals surface area contributed by atoms with Gasteiger partial charge in [0.05, 0.1) is 10.5 Å². The first-order valence-corrected chi connectivity index (χ1v) is 7.47. The van der Waals surface area contributed by atoms with Crippen LogP contribution in [0.3, 0.4) is 0 Å². The molecule has 1 rings (SSSR count). The highest BCUT2D eigenvalue weighted by Crippen LogP contribution is 2.29. The minimum Gasteiger partial charge on any atom is -0.478 e. The van der Waals surface area contributed by atoms with Gasteiger partial charge in [0, 0.05) is 12.1 Å². The lowest BCUT2D eigenvalue weighted by atomic mass is 10.1. The summed E-state index contributed by atoms with van der Waals surface area (Å²) in [7, 11) is 0. The number of carboxylic acid groups (broad SMARTS) is 1. The molecule has 110 valence electrons. The van der Waals surface area contributed by atoms with Gasteiger partial charge in [-0.1, -0.05) is 13.0 Å². The lowest BCUT2D eigenvalue weighted by Gasteiger charge is -2.16. The van der Waals surface area contributed by atoms with E-state index in [2.05, 4.69) is 12.2 Å². The van der Waals surface area contributed by atoms with Crippen LogP contribution in [0.25, 0.3) is 0 Å². The minimum absolute atomic E-state index is 0.0340. The quantitative estimate of drug-likeness (QED) is 0.435. The molecule has 1 atom stereocenters. The second-order valence-electron chi connectivity index (χ2n) is 4.29. The molecule has 0 saturated carbocycles. The molecule has 0 bridgehead atoms. The molecule has 0 aliphatic carbocycles. The van der Waals surface area contributed by atoms with Crippen LogP contribution in [0.2, 0.25) is 0 Å². The summed E-state index contributed by atoms with van der Waals surface area (Å²) >= 11 is 1.78. The molecular weight excluding hydrogens is 280 g/mol. The van der Waals surface area contributed by atoms with Gasteiger partial charge >= 0.3 is 5.97 Å². The smallest absolute Gasteiger partial charge is 0.338 e. The van der Waals surface area contributed by atoms with Crippen molar-refractivity contribution < 1.29 is 14.8 Å². The van der Waals surface area contributed by atoms with Crippen molar-refractivity contribution in [3.8, 4) is 0 Å². The van der Waals surface area contributed by atoms with E-state index in [9.17, 15) is 14.9 Å². The molecule has 0 aliphatic heterocycles. The molecule has 0 amide bonds. The second-order valence-corrected chi connectivity index (χ2v) is 5.69. The van der Waals surface area contributed by atoms with Crippen molar-refractivity contribution >= 4 is 29.1 Å². The summed E-state index contributed by atoms with van der Waals surface area (Å²) in [5.41, 5.74) is -0.201. The number of nitro groups is 1. The molecule has 6 nitrogen and oxygen atoms in total. The number of hydrogen-bond acceptors (Lipinski definition) is 5. The number of anilines is 1. The Kier molecular flexibility index (Phi) is 6.30. The summed E-state index contributed by atoms with van der Waals surface area (Å²) < 4.78 is 0. The van der Waals surface area contributed by atoms with Gasteiger partial charge in [-0.05, 0) is 30.9 Å². The second kappa shape index (κ2) is 7.74. The van der Waals surface area contributed by atoms with E-state index < -0.39 is 10.9 Å². The van der Waals surface area contributed by atoms with E-state index >= 15 is 0 Å². The third-order valence-corrected chi connectivity index (χ3v) is 3.69. The molecule has 0 aliphatic rings. The number of nitrogens with zero attached hydrogens (tertiary/aromatic N) is 1. The van der Waals surface area contributed by atoms with Gasteiger partial charge in [0.25, 0.3) is 5.69 Å². The highest BCUT2D eigenvalue weighted by molar-refractivity contribution is 7.99. The van der Waals surface area contributed by atoms with Gasteiger partial charge in [-0.3, -0.25) is 10.1 Å². The summed E-state index contributed by atoms with van der Waals surface area (Å²) in [5.74, 6) is 0.762. The van der Waals surface area contributed by atoms with Crippen molar-refractivity contribution in [2.45, 2.75) is 26.3 Å². The molecule has 0 fully saturated rings. The van der Waals surface area contributed by atoms with Crippen LogP contribution >= 0.6 is 11.8 Å². The molecular formula is C13H18N2O4S. The van der Waals surface area contributed by atoms with E-state index in [4.69, 9.17) is 5.11 Å². The van der Waals surface area contributed by atoms with Crippen molar-refractivity contribution in [3.05, 3.63) is 33.9 Å². The first kappa shape index (κ1) is 16.3. The zero-order chi connectivity index (χ0) is 15.1. The number of benzene rings is 1. The summed E-state index contributed by atoms with van der Waals surface area (Å²) in [6.07, 6.45) is 0.809. The van der Waals surface area contributed by atoms with Crippen LogP contribution in [-0.4, -0.2) is 33.5 Å². The molecule has 0 saturated heterocycles. The molecule has 20 heavy (non-hydrogen) atoms. The van der Waals surface area contributed by atoms with Crippen LogP contribution in [0, 0.1) is 10.1 Å². The Bertz CT molecular complexity index is 461. The third-order valence-electron chi connectivity index (χ3n) is 2.76. The molecule has 0 spiro atoms. The van der Waals surface area contributed by atoms with Gasteiger partial charge in [0.2, 0.25) is 0 Å². The first-order chi connectivity index (χ1) is 9.47. The van der Waals surface area contributed by atoms with E-state index in [0.717, 1.165) is 17.9 Å². The molecule has 7 heteroatoms. The van der Waals surface area contributed by atoms with Crippen LogP contribution in [0.4, 0.5) is 11.4 Å². The summed E-state index contributed by atoms with van der Waals surface area (Å²) in [4.78, 5) is 21.6. The van der Waals surface area contributed by atoms with Gasteiger partial charge in [-0.2, -0.15) is 11.8 Å². The Labute approximate surface area is 121 Å².